The maximum atomic E-state index is 12.8. The lowest BCUT2D eigenvalue weighted by molar-refractivity contribution is -0.118. The van der Waals surface area contributed by atoms with E-state index < -0.39 is 6.23 Å². The number of nitrogens with zero attached hydrogens (tertiary/aromatic N) is 4. The molecular formula is C23H24N4O3S. The monoisotopic (exact) mass is 436 g/mol. The lowest BCUT2D eigenvalue weighted by atomic mass is 10.0. The van der Waals surface area contributed by atoms with E-state index in [0.29, 0.717) is 29.0 Å². The van der Waals surface area contributed by atoms with Crippen molar-refractivity contribution in [1.82, 2.24) is 15.2 Å². The number of amides is 1. The summed E-state index contributed by atoms with van der Waals surface area (Å²) in [5.41, 5.74) is 3.86. The molecule has 2 heterocycles. The summed E-state index contributed by atoms with van der Waals surface area (Å²) in [7, 11) is 0. The third kappa shape index (κ3) is 4.20. The molecule has 1 aromatic heterocycles. The first-order valence-electron chi connectivity index (χ1n) is 10.2. The second kappa shape index (κ2) is 8.93. The highest BCUT2D eigenvalue weighted by molar-refractivity contribution is 7.99. The van der Waals surface area contributed by atoms with Gasteiger partial charge in [-0.1, -0.05) is 30.3 Å². The number of carbonyl (C=O) groups is 1. The highest BCUT2D eigenvalue weighted by atomic mass is 32.2. The summed E-state index contributed by atoms with van der Waals surface area (Å²) in [5.74, 6) is 1.79. The Labute approximate surface area is 185 Å². The zero-order valence-electron chi connectivity index (χ0n) is 18.0. The largest absolute Gasteiger partial charge is 0.494 e. The van der Waals surface area contributed by atoms with Crippen LogP contribution in [-0.4, -0.2) is 33.4 Å². The van der Waals surface area contributed by atoms with E-state index in [1.54, 1.807) is 4.90 Å². The van der Waals surface area contributed by atoms with Crippen molar-refractivity contribution in [1.29, 1.82) is 0 Å². The van der Waals surface area contributed by atoms with Crippen LogP contribution in [0.15, 0.2) is 47.6 Å². The molecule has 160 valence electrons. The van der Waals surface area contributed by atoms with Gasteiger partial charge in [-0.25, -0.2) is 0 Å². The van der Waals surface area contributed by atoms with Crippen LogP contribution in [0.1, 0.15) is 38.1 Å². The molecule has 8 heteroatoms. The van der Waals surface area contributed by atoms with Crippen LogP contribution in [0.2, 0.25) is 0 Å². The molecule has 0 saturated carbocycles. The predicted molar refractivity (Wildman–Crippen MR) is 121 cm³/mol. The molecule has 1 unspecified atom stereocenters. The third-order valence-corrected chi connectivity index (χ3v) is 5.57. The van der Waals surface area contributed by atoms with Crippen LogP contribution in [0.25, 0.3) is 11.3 Å². The van der Waals surface area contributed by atoms with Crippen molar-refractivity contribution in [3.8, 4) is 22.9 Å². The van der Waals surface area contributed by atoms with E-state index >= 15 is 0 Å². The second-order valence-electron chi connectivity index (χ2n) is 7.06. The van der Waals surface area contributed by atoms with Gasteiger partial charge in [0.15, 0.2) is 5.69 Å². The summed E-state index contributed by atoms with van der Waals surface area (Å²) in [6.45, 7) is 8.07. The van der Waals surface area contributed by atoms with Gasteiger partial charge in [0, 0.05) is 18.1 Å². The minimum absolute atomic E-state index is 0.145. The summed E-state index contributed by atoms with van der Waals surface area (Å²) in [4.78, 5) is 19.1. The Bertz CT molecular complexity index is 1100. The zero-order chi connectivity index (χ0) is 22.0. The number of hydrogen-bond donors (Lipinski definition) is 0. The van der Waals surface area contributed by atoms with Crippen molar-refractivity contribution in [3.05, 3.63) is 53.6 Å². The van der Waals surface area contributed by atoms with Crippen molar-refractivity contribution in [3.63, 3.8) is 0 Å². The summed E-state index contributed by atoms with van der Waals surface area (Å²) >= 11 is 1.49. The van der Waals surface area contributed by atoms with Gasteiger partial charge < -0.3 is 9.47 Å². The minimum atomic E-state index is -0.702. The Kier molecular flexibility index (Phi) is 6.08. The Hall–Kier alpha value is -3.13. The number of benzene rings is 2. The van der Waals surface area contributed by atoms with Gasteiger partial charge in [0.2, 0.25) is 23.2 Å². The fourth-order valence-corrected chi connectivity index (χ4v) is 4.03. The average molecular weight is 437 g/mol. The molecular weight excluding hydrogens is 412 g/mol. The average Bonchev–Trinajstić information content (AvgIpc) is 2.89. The van der Waals surface area contributed by atoms with E-state index in [-0.39, 0.29) is 5.91 Å². The number of ether oxygens (including phenoxy) is 2. The molecule has 0 N–H and O–H groups in total. The van der Waals surface area contributed by atoms with Gasteiger partial charge in [-0.2, -0.15) is 4.98 Å². The molecule has 7 nitrogen and oxygen atoms in total. The molecule has 4 rings (SSSR count). The van der Waals surface area contributed by atoms with E-state index in [9.17, 15) is 4.79 Å². The topological polar surface area (TPSA) is 77.4 Å². The smallest absolute Gasteiger partial charge is 0.247 e. The molecule has 3 aromatic rings. The number of aryl methyl sites for hydroxylation is 1. The number of hydrogen-bond acceptors (Lipinski definition) is 7. The van der Waals surface area contributed by atoms with E-state index in [1.807, 2.05) is 63.2 Å². The van der Waals surface area contributed by atoms with Crippen molar-refractivity contribution >= 4 is 23.4 Å². The first kappa shape index (κ1) is 21.1. The van der Waals surface area contributed by atoms with Crippen LogP contribution in [0.4, 0.5) is 5.69 Å². The molecule has 0 radical (unpaired) electrons. The van der Waals surface area contributed by atoms with E-state index in [2.05, 4.69) is 15.2 Å². The molecule has 0 bridgehead atoms. The highest BCUT2D eigenvalue weighted by Crippen LogP contribution is 2.43. The summed E-state index contributed by atoms with van der Waals surface area (Å²) in [5, 5.41) is 9.22. The lowest BCUT2D eigenvalue weighted by Crippen LogP contribution is -2.36. The normalized spacial score (nSPS) is 14.8. The van der Waals surface area contributed by atoms with Crippen molar-refractivity contribution < 1.29 is 14.3 Å². The van der Waals surface area contributed by atoms with Crippen LogP contribution in [0.5, 0.6) is 11.6 Å². The van der Waals surface area contributed by atoms with Gasteiger partial charge in [-0.3, -0.25) is 9.69 Å². The van der Waals surface area contributed by atoms with Crippen LogP contribution in [0.3, 0.4) is 0 Å². The first-order chi connectivity index (χ1) is 15.0. The minimum Gasteiger partial charge on any atom is -0.494 e. The molecule has 0 saturated heterocycles. The molecule has 0 fully saturated rings. The SMILES string of the molecule is CCOc1ccc(C2Oc3nc(SCC)nnc3-c3cc(C)ccc3N2C(C)=O)cc1. The Balaban J connectivity index is 1.90. The Morgan fingerprint density at radius 2 is 1.94 bits per heavy atom. The van der Waals surface area contributed by atoms with Gasteiger partial charge in [0.1, 0.15) is 5.75 Å². The molecule has 0 aliphatic carbocycles. The standard InChI is InChI=1S/C23H24N4O3S/c1-5-29-17-10-8-16(9-11-17)22-27(15(4)28)19-12-7-14(3)13-18(19)20-21(30-22)24-23(26-25-20)31-6-2/h7-13,22H,5-6H2,1-4H3. The fourth-order valence-electron chi connectivity index (χ4n) is 3.52. The van der Waals surface area contributed by atoms with Gasteiger partial charge in [0.05, 0.1) is 12.3 Å². The summed E-state index contributed by atoms with van der Waals surface area (Å²) in [6.07, 6.45) is -0.702. The quantitative estimate of drug-likeness (QED) is 0.532. The number of carbonyl (C=O) groups excluding carboxylic acids is 1. The van der Waals surface area contributed by atoms with E-state index in [4.69, 9.17) is 9.47 Å². The number of thioether (sulfide) groups is 1. The van der Waals surface area contributed by atoms with Crippen LogP contribution in [0, 0.1) is 6.92 Å². The maximum Gasteiger partial charge on any atom is 0.247 e. The van der Waals surface area contributed by atoms with Gasteiger partial charge in [0.25, 0.3) is 0 Å². The van der Waals surface area contributed by atoms with E-state index in [0.717, 1.165) is 28.2 Å². The zero-order valence-corrected chi connectivity index (χ0v) is 18.8. The summed E-state index contributed by atoms with van der Waals surface area (Å²) < 4.78 is 11.9. The van der Waals surface area contributed by atoms with Gasteiger partial charge >= 0.3 is 0 Å². The van der Waals surface area contributed by atoms with Crippen LogP contribution >= 0.6 is 11.8 Å². The number of rotatable bonds is 5. The second-order valence-corrected chi connectivity index (χ2v) is 8.29. The maximum absolute atomic E-state index is 12.8. The van der Waals surface area contributed by atoms with Crippen molar-refractivity contribution in [2.75, 3.05) is 17.3 Å². The molecule has 0 spiro atoms. The molecule has 1 aliphatic rings. The molecule has 1 aliphatic heterocycles. The van der Waals surface area contributed by atoms with Gasteiger partial charge in [-0.05, 0) is 56.0 Å². The van der Waals surface area contributed by atoms with Crippen LogP contribution < -0.4 is 14.4 Å². The molecule has 1 atom stereocenters. The molecule has 2 aromatic carbocycles. The predicted octanol–water partition coefficient (Wildman–Crippen LogP) is 4.80. The fraction of sp³-hybridized carbons (Fsp3) is 0.304. The van der Waals surface area contributed by atoms with E-state index in [1.165, 1.54) is 18.7 Å². The molecule has 31 heavy (non-hydrogen) atoms. The summed E-state index contributed by atoms with van der Waals surface area (Å²) in [6, 6.07) is 13.4. The van der Waals surface area contributed by atoms with Crippen molar-refractivity contribution in [2.24, 2.45) is 0 Å². The van der Waals surface area contributed by atoms with Crippen molar-refractivity contribution in [2.45, 2.75) is 39.1 Å². The number of fused-ring (bicyclic) bond motifs is 3. The van der Waals surface area contributed by atoms with Gasteiger partial charge in [-0.15, -0.1) is 10.2 Å². The highest BCUT2D eigenvalue weighted by Gasteiger charge is 2.34. The third-order valence-electron chi connectivity index (χ3n) is 4.85. The first-order valence-corrected chi connectivity index (χ1v) is 11.2. The Morgan fingerprint density at radius 1 is 1.16 bits per heavy atom. The Morgan fingerprint density at radius 3 is 2.61 bits per heavy atom. The number of aromatic nitrogens is 3. The molecule has 1 amide bonds. The van der Waals surface area contributed by atoms with Crippen LogP contribution in [-0.2, 0) is 4.79 Å². The lowest BCUT2D eigenvalue weighted by Gasteiger charge is -2.30. The number of anilines is 1.